The van der Waals surface area contributed by atoms with Gasteiger partial charge in [-0.3, -0.25) is 4.79 Å². The fraction of sp³-hybridized carbons (Fsp3) is 0.333. The van der Waals surface area contributed by atoms with Crippen LogP contribution in [0.15, 0.2) is 42.7 Å². The van der Waals surface area contributed by atoms with E-state index in [1.165, 1.54) is 6.20 Å². The smallest absolute Gasteiger partial charge is 0.254 e. The number of aliphatic hydroxyl groups excluding tert-OH is 1. The summed E-state index contributed by atoms with van der Waals surface area (Å²) in [5.74, 6) is -0.0481. The van der Waals surface area contributed by atoms with Crippen LogP contribution < -0.4 is 5.32 Å². The lowest BCUT2D eigenvalue weighted by Crippen LogP contribution is -2.41. The van der Waals surface area contributed by atoms with E-state index >= 15 is 0 Å². The molecule has 0 bridgehead atoms. The number of carbonyl (C=O) groups is 1. The zero-order chi connectivity index (χ0) is 14.5. The molecule has 0 saturated carbocycles. The van der Waals surface area contributed by atoms with Crippen LogP contribution in [0.4, 0.5) is 0 Å². The Hall–Kier alpha value is -2.14. The Kier molecular flexibility index (Phi) is 4.53. The maximum atomic E-state index is 12.1. The number of carbonyl (C=O) groups excluding carboxylic acids is 1. The molecule has 1 heterocycles. The van der Waals surface area contributed by atoms with Gasteiger partial charge >= 0.3 is 0 Å². The Morgan fingerprint density at radius 3 is 2.65 bits per heavy atom. The Balaban J connectivity index is 2.11. The summed E-state index contributed by atoms with van der Waals surface area (Å²) in [5.41, 5.74) is 1.38. The lowest BCUT2D eigenvalue weighted by atomic mass is 10.1. The van der Waals surface area contributed by atoms with Crippen LogP contribution in [0.25, 0.3) is 5.69 Å². The second-order valence-corrected chi connectivity index (χ2v) is 5.02. The van der Waals surface area contributed by atoms with E-state index in [0.29, 0.717) is 5.56 Å². The first-order valence-corrected chi connectivity index (χ1v) is 6.63. The summed E-state index contributed by atoms with van der Waals surface area (Å²) in [6.45, 7) is 3.83. The predicted molar refractivity (Wildman–Crippen MR) is 76.7 cm³/mol. The Labute approximate surface area is 118 Å². The van der Waals surface area contributed by atoms with Gasteiger partial charge in [-0.25, -0.2) is 4.68 Å². The SMILES string of the molecule is CC(C)[C@@H](CO)NC(=O)c1cnn(-c2ccccc2)c1. The molecule has 0 aliphatic rings. The number of nitrogens with one attached hydrogen (secondary N) is 1. The Morgan fingerprint density at radius 2 is 2.05 bits per heavy atom. The summed E-state index contributed by atoms with van der Waals surface area (Å²) in [4.78, 5) is 12.1. The third-order valence-corrected chi connectivity index (χ3v) is 3.18. The molecule has 106 valence electrons. The van der Waals surface area contributed by atoms with Crippen molar-refractivity contribution in [3.8, 4) is 5.69 Å². The molecule has 2 N–H and O–H groups in total. The number of amides is 1. The minimum atomic E-state index is -0.248. The molecule has 5 nitrogen and oxygen atoms in total. The summed E-state index contributed by atoms with van der Waals surface area (Å²) in [7, 11) is 0. The number of para-hydroxylation sites is 1. The summed E-state index contributed by atoms with van der Waals surface area (Å²) in [5, 5.41) is 16.2. The van der Waals surface area contributed by atoms with Crippen molar-refractivity contribution < 1.29 is 9.90 Å². The van der Waals surface area contributed by atoms with Crippen molar-refractivity contribution in [3.63, 3.8) is 0 Å². The van der Waals surface area contributed by atoms with Gasteiger partial charge in [0.15, 0.2) is 0 Å². The zero-order valence-electron chi connectivity index (χ0n) is 11.7. The molecule has 0 aliphatic carbocycles. The van der Waals surface area contributed by atoms with Crippen LogP contribution in [0.3, 0.4) is 0 Å². The highest BCUT2D eigenvalue weighted by atomic mass is 16.3. The van der Waals surface area contributed by atoms with Gasteiger partial charge in [0, 0.05) is 6.20 Å². The van der Waals surface area contributed by atoms with Crippen LogP contribution in [0, 0.1) is 5.92 Å². The van der Waals surface area contributed by atoms with Crippen molar-refractivity contribution in [2.24, 2.45) is 5.92 Å². The molecule has 0 aliphatic heterocycles. The second kappa shape index (κ2) is 6.34. The monoisotopic (exact) mass is 273 g/mol. The van der Waals surface area contributed by atoms with Crippen molar-refractivity contribution >= 4 is 5.91 Å². The van der Waals surface area contributed by atoms with E-state index in [2.05, 4.69) is 10.4 Å². The lowest BCUT2D eigenvalue weighted by Gasteiger charge is -2.19. The van der Waals surface area contributed by atoms with E-state index < -0.39 is 0 Å². The first kappa shape index (κ1) is 14.3. The third kappa shape index (κ3) is 3.24. The first-order chi connectivity index (χ1) is 9.61. The molecule has 0 radical (unpaired) electrons. The zero-order valence-corrected chi connectivity index (χ0v) is 11.7. The van der Waals surface area contributed by atoms with Crippen LogP contribution in [0.1, 0.15) is 24.2 Å². The summed E-state index contributed by atoms with van der Waals surface area (Å²) < 4.78 is 1.65. The average Bonchev–Trinajstić information content (AvgIpc) is 2.95. The summed E-state index contributed by atoms with van der Waals surface area (Å²) >= 11 is 0. The molecule has 1 atom stereocenters. The number of hydrogen-bond acceptors (Lipinski definition) is 3. The normalized spacial score (nSPS) is 12.4. The number of aromatic nitrogens is 2. The van der Waals surface area contributed by atoms with Gasteiger partial charge in [-0.15, -0.1) is 0 Å². The first-order valence-electron chi connectivity index (χ1n) is 6.63. The highest BCUT2D eigenvalue weighted by molar-refractivity contribution is 5.94. The number of aliphatic hydroxyl groups is 1. The average molecular weight is 273 g/mol. The second-order valence-electron chi connectivity index (χ2n) is 5.02. The highest BCUT2D eigenvalue weighted by Crippen LogP contribution is 2.08. The van der Waals surface area contributed by atoms with E-state index in [4.69, 9.17) is 0 Å². The molecule has 2 rings (SSSR count). The quantitative estimate of drug-likeness (QED) is 0.870. The molecule has 1 amide bonds. The largest absolute Gasteiger partial charge is 0.394 e. The molecule has 0 fully saturated rings. The number of nitrogens with zero attached hydrogens (tertiary/aromatic N) is 2. The molecule has 2 aromatic rings. The van der Waals surface area contributed by atoms with E-state index in [1.807, 2.05) is 44.2 Å². The van der Waals surface area contributed by atoms with Gasteiger partial charge < -0.3 is 10.4 Å². The minimum absolute atomic E-state index is 0.0732. The minimum Gasteiger partial charge on any atom is -0.394 e. The van der Waals surface area contributed by atoms with Gasteiger partial charge in [-0.1, -0.05) is 32.0 Å². The van der Waals surface area contributed by atoms with Crippen molar-refractivity contribution in [2.45, 2.75) is 19.9 Å². The summed E-state index contributed by atoms with van der Waals surface area (Å²) in [6, 6.07) is 9.34. The maximum absolute atomic E-state index is 12.1. The molecule has 5 heteroatoms. The van der Waals surface area contributed by atoms with E-state index in [1.54, 1.807) is 10.9 Å². The van der Waals surface area contributed by atoms with E-state index in [0.717, 1.165) is 5.69 Å². The Morgan fingerprint density at radius 1 is 1.35 bits per heavy atom. The van der Waals surface area contributed by atoms with Gasteiger partial charge in [0.25, 0.3) is 5.91 Å². The van der Waals surface area contributed by atoms with Crippen molar-refractivity contribution in [3.05, 3.63) is 48.3 Å². The van der Waals surface area contributed by atoms with Crippen molar-refractivity contribution in [2.75, 3.05) is 6.61 Å². The molecule has 1 aromatic heterocycles. The van der Waals surface area contributed by atoms with Gasteiger partial charge in [-0.2, -0.15) is 5.10 Å². The Bertz CT molecular complexity index is 564. The van der Waals surface area contributed by atoms with Crippen LogP contribution in [-0.2, 0) is 0 Å². The molecular formula is C15H19N3O2. The standard InChI is InChI=1S/C15H19N3O2/c1-11(2)14(10-19)17-15(20)12-8-16-18(9-12)13-6-4-3-5-7-13/h3-9,11,14,19H,10H2,1-2H3,(H,17,20)/t14-/m1/s1. The van der Waals surface area contributed by atoms with Crippen LogP contribution in [-0.4, -0.2) is 33.4 Å². The molecule has 20 heavy (non-hydrogen) atoms. The fourth-order valence-corrected chi connectivity index (χ4v) is 1.84. The number of rotatable bonds is 5. The molecule has 1 aromatic carbocycles. The molecular weight excluding hydrogens is 254 g/mol. The molecule has 0 spiro atoms. The van der Waals surface area contributed by atoms with Crippen molar-refractivity contribution in [1.29, 1.82) is 0 Å². The van der Waals surface area contributed by atoms with Gasteiger partial charge in [0.05, 0.1) is 30.1 Å². The fourth-order valence-electron chi connectivity index (χ4n) is 1.84. The van der Waals surface area contributed by atoms with Crippen molar-refractivity contribution in [1.82, 2.24) is 15.1 Å². The van der Waals surface area contributed by atoms with Gasteiger partial charge in [-0.05, 0) is 18.1 Å². The summed E-state index contributed by atoms with van der Waals surface area (Å²) in [6.07, 6.45) is 3.20. The highest BCUT2D eigenvalue weighted by Gasteiger charge is 2.17. The lowest BCUT2D eigenvalue weighted by molar-refractivity contribution is 0.0897. The van der Waals surface area contributed by atoms with Gasteiger partial charge in [0.2, 0.25) is 0 Å². The van der Waals surface area contributed by atoms with Crippen LogP contribution in [0.2, 0.25) is 0 Å². The van der Waals surface area contributed by atoms with Gasteiger partial charge in [0.1, 0.15) is 0 Å². The number of hydrogen-bond donors (Lipinski definition) is 2. The van der Waals surface area contributed by atoms with Crippen LogP contribution >= 0.6 is 0 Å². The molecule has 0 unspecified atom stereocenters. The maximum Gasteiger partial charge on any atom is 0.254 e. The predicted octanol–water partition coefficient (Wildman–Crippen LogP) is 1.62. The van der Waals surface area contributed by atoms with E-state index in [-0.39, 0.29) is 24.5 Å². The van der Waals surface area contributed by atoms with E-state index in [9.17, 15) is 9.90 Å². The van der Waals surface area contributed by atoms with Crippen LogP contribution in [0.5, 0.6) is 0 Å². The molecule has 0 saturated heterocycles. The third-order valence-electron chi connectivity index (χ3n) is 3.18. The number of benzene rings is 1. The topological polar surface area (TPSA) is 67.2 Å².